The monoisotopic (exact) mass is 875 g/mol. The maximum atomic E-state index is 13.1. The molecule has 2 unspecified atom stereocenters. The Balaban J connectivity index is 0.784. The minimum absolute atomic E-state index is 0.0467. The number of nitrogens with two attached hydrogens (primary N) is 1. The molecule has 6 aliphatic rings. The summed E-state index contributed by atoms with van der Waals surface area (Å²) < 4.78 is 32.9. The van der Waals surface area contributed by atoms with Crippen LogP contribution in [0.5, 0.6) is 23.0 Å². The topological polar surface area (TPSA) is 206 Å². The quantitative estimate of drug-likeness (QED) is 0.122. The minimum atomic E-state index is -0.852. The lowest BCUT2D eigenvalue weighted by Crippen LogP contribution is -2.65. The van der Waals surface area contributed by atoms with Crippen LogP contribution in [0.15, 0.2) is 36.4 Å². The lowest BCUT2D eigenvalue weighted by molar-refractivity contribution is -0.141. The molecule has 0 aromatic heterocycles. The molecule has 0 spiro atoms. The lowest BCUT2D eigenvalue weighted by atomic mass is 9.43. The number of alkyl carbamates (subject to hydrolysis) is 1. The first-order valence-electron chi connectivity index (χ1n) is 22.4. The summed E-state index contributed by atoms with van der Waals surface area (Å²) in [6, 6.07) is 9.85. The van der Waals surface area contributed by atoms with Crippen LogP contribution in [0.3, 0.4) is 0 Å². The molecule has 2 saturated heterocycles. The molecule has 4 saturated carbocycles. The molecule has 63 heavy (non-hydrogen) atoms. The van der Waals surface area contributed by atoms with Gasteiger partial charge in [0.15, 0.2) is 23.0 Å². The number of methoxy groups -OCH3 is 3. The van der Waals surface area contributed by atoms with Crippen LogP contribution in [-0.2, 0) is 36.7 Å². The molecule has 4 bridgehead atoms. The molecule has 0 radical (unpaired) electrons. The molecular weight excluding hydrogens is 811 g/mol. The summed E-state index contributed by atoms with van der Waals surface area (Å²) in [5.74, 6) is 1.28. The largest absolute Gasteiger partial charge is 0.493 e. The molecule has 4 aliphatic carbocycles. The number of piperidine rings is 1. The van der Waals surface area contributed by atoms with Gasteiger partial charge in [-0.05, 0) is 123 Å². The van der Waals surface area contributed by atoms with Crippen molar-refractivity contribution in [3.8, 4) is 23.0 Å². The van der Waals surface area contributed by atoms with Gasteiger partial charge in [-0.2, -0.15) is 0 Å². The van der Waals surface area contributed by atoms with Crippen LogP contribution in [0.1, 0.15) is 89.2 Å². The van der Waals surface area contributed by atoms with Gasteiger partial charge in [-0.25, -0.2) is 9.59 Å². The van der Waals surface area contributed by atoms with Crippen LogP contribution in [0.25, 0.3) is 0 Å². The van der Waals surface area contributed by atoms with E-state index in [1.165, 1.54) is 26.4 Å². The molecule has 344 valence electrons. The second kappa shape index (κ2) is 19.2. The van der Waals surface area contributed by atoms with Crippen LogP contribution in [0, 0.1) is 28.6 Å². The maximum Gasteiger partial charge on any atom is 0.412 e. The Bertz CT molecular complexity index is 2000. The van der Waals surface area contributed by atoms with Crippen molar-refractivity contribution in [2.75, 3.05) is 54.2 Å². The number of hydrogen-bond acceptors (Lipinski definition) is 12. The van der Waals surface area contributed by atoms with Crippen molar-refractivity contribution in [3.63, 3.8) is 0 Å². The van der Waals surface area contributed by atoms with E-state index in [4.69, 9.17) is 34.2 Å². The van der Waals surface area contributed by atoms with Crippen molar-refractivity contribution >= 4 is 30.0 Å². The highest BCUT2D eigenvalue weighted by atomic mass is 16.6. The van der Waals surface area contributed by atoms with E-state index in [1.807, 2.05) is 18.2 Å². The predicted molar refractivity (Wildman–Crippen MR) is 231 cm³/mol. The van der Waals surface area contributed by atoms with Crippen LogP contribution in [-0.4, -0.2) is 107 Å². The summed E-state index contributed by atoms with van der Waals surface area (Å²) in [7, 11) is 4.65. The number of carbonyl (C=O) groups excluding carboxylic acids is 5. The van der Waals surface area contributed by atoms with Gasteiger partial charge < -0.3 is 55.0 Å². The van der Waals surface area contributed by atoms with Crippen LogP contribution in [0.4, 0.5) is 9.59 Å². The average molecular weight is 876 g/mol. The number of benzene rings is 2. The fourth-order valence-electron chi connectivity index (χ4n) is 12.0. The number of amides is 4. The van der Waals surface area contributed by atoms with E-state index in [2.05, 4.69) is 29.8 Å². The standard InChI is InChI=1S/C47H65N5O11/c1-45-22-31-23-46(2,26-45)28-47(24-31,27-45)51-44(57)61-17-14-49-40(53)11-8-35(48)41(54)52-15-12-33(13-16-52)50-43(56)63-37-10-7-30(21-39(37)60-5)19-34-32(25-62-42(34)55)18-29-6-9-36(58-3)38(20-29)59-4/h6-7,9-10,20-21,31-35H,8,11-19,22-28,48H2,1-5H3,(H,49,53)(H,50,56)(H,51,57)/t31?,32-,34+,35-,45?,46?,47?/m0/s1. The third-order valence-electron chi connectivity index (χ3n) is 13.9. The van der Waals surface area contributed by atoms with Crippen LogP contribution < -0.4 is 40.6 Å². The Morgan fingerprint density at radius 2 is 1.48 bits per heavy atom. The molecule has 5 N–H and O–H groups in total. The highest BCUT2D eigenvalue weighted by molar-refractivity contribution is 5.83. The number of carbonyl (C=O) groups is 5. The van der Waals surface area contributed by atoms with Crippen molar-refractivity contribution in [2.24, 2.45) is 34.3 Å². The molecule has 2 aliphatic heterocycles. The summed E-state index contributed by atoms with van der Waals surface area (Å²) in [5.41, 5.74) is 8.39. The molecule has 16 heteroatoms. The van der Waals surface area contributed by atoms with Gasteiger partial charge in [-0.15, -0.1) is 0 Å². The Morgan fingerprint density at radius 1 is 0.841 bits per heavy atom. The van der Waals surface area contributed by atoms with E-state index in [0.717, 1.165) is 30.4 Å². The van der Waals surface area contributed by atoms with Crippen molar-refractivity contribution < 1.29 is 52.4 Å². The number of nitrogens with one attached hydrogen (secondary N) is 3. The summed E-state index contributed by atoms with van der Waals surface area (Å²) >= 11 is 0. The molecule has 8 rings (SSSR count). The average Bonchev–Trinajstić information content (AvgIpc) is 3.57. The Hall–Kier alpha value is -5.25. The van der Waals surface area contributed by atoms with E-state index >= 15 is 0 Å². The summed E-state index contributed by atoms with van der Waals surface area (Å²) in [5, 5.41) is 8.86. The van der Waals surface area contributed by atoms with Gasteiger partial charge in [0.25, 0.3) is 0 Å². The number of hydrogen-bond donors (Lipinski definition) is 4. The maximum absolute atomic E-state index is 13.1. The smallest absolute Gasteiger partial charge is 0.412 e. The van der Waals surface area contributed by atoms with Crippen molar-refractivity contribution in [1.29, 1.82) is 0 Å². The summed E-state index contributed by atoms with van der Waals surface area (Å²) in [6.45, 7) is 6.02. The number of cyclic esters (lactones) is 1. The van der Waals surface area contributed by atoms with Gasteiger partial charge in [0.1, 0.15) is 6.61 Å². The lowest BCUT2D eigenvalue weighted by Gasteiger charge is -2.65. The van der Waals surface area contributed by atoms with Gasteiger partial charge in [0.05, 0.1) is 46.4 Å². The summed E-state index contributed by atoms with van der Waals surface area (Å²) in [6.07, 6.45) is 7.87. The third kappa shape index (κ3) is 11.1. The zero-order chi connectivity index (χ0) is 44.9. The zero-order valence-corrected chi connectivity index (χ0v) is 37.4. The fourth-order valence-corrected chi connectivity index (χ4v) is 12.0. The van der Waals surface area contributed by atoms with Gasteiger partial charge in [-0.3, -0.25) is 14.4 Å². The highest BCUT2D eigenvalue weighted by Crippen LogP contribution is 2.66. The van der Waals surface area contributed by atoms with Gasteiger partial charge >= 0.3 is 18.2 Å². The molecule has 2 aromatic rings. The zero-order valence-electron chi connectivity index (χ0n) is 37.4. The van der Waals surface area contributed by atoms with Crippen molar-refractivity contribution in [3.05, 3.63) is 47.5 Å². The Morgan fingerprint density at radius 3 is 2.13 bits per heavy atom. The van der Waals surface area contributed by atoms with Crippen LogP contribution in [0.2, 0.25) is 0 Å². The molecular formula is C47H65N5O11. The molecule has 5 atom stereocenters. The first-order valence-corrected chi connectivity index (χ1v) is 22.4. The Kier molecular flexibility index (Phi) is 14.0. The van der Waals surface area contributed by atoms with Crippen molar-refractivity contribution in [1.82, 2.24) is 20.9 Å². The molecule has 2 aromatic carbocycles. The van der Waals surface area contributed by atoms with Gasteiger partial charge in [0.2, 0.25) is 11.8 Å². The van der Waals surface area contributed by atoms with E-state index < -0.39 is 18.2 Å². The van der Waals surface area contributed by atoms with E-state index in [9.17, 15) is 24.0 Å². The number of esters is 1. The second-order valence-electron chi connectivity index (χ2n) is 19.4. The number of nitrogens with zero attached hydrogens (tertiary/aromatic N) is 1. The van der Waals surface area contributed by atoms with Gasteiger partial charge in [-0.1, -0.05) is 26.0 Å². The normalized spacial score (nSPS) is 27.8. The SMILES string of the molecule is COc1ccc(C[C@H]2COC(=O)[C@@H]2Cc2ccc(OC(=O)NC3CCN(C(=O)[C@@H](N)CCC(=O)NCCOC(=O)NC45CC6CC(C)(CC(C)(C6)C4)C5)CC3)c(OC)c2)cc1OC. The van der Waals surface area contributed by atoms with Crippen LogP contribution >= 0.6 is 0 Å². The molecule has 4 amide bonds. The number of rotatable bonds is 17. The molecule has 2 heterocycles. The second-order valence-corrected chi connectivity index (χ2v) is 19.4. The summed E-state index contributed by atoms with van der Waals surface area (Å²) in [4.78, 5) is 65.9. The molecule has 16 nitrogen and oxygen atoms in total. The number of ether oxygens (including phenoxy) is 6. The van der Waals surface area contributed by atoms with Crippen molar-refractivity contribution in [2.45, 2.75) is 109 Å². The third-order valence-corrected chi connectivity index (χ3v) is 13.9. The number of likely N-dealkylation sites (tertiary alicyclic amines) is 1. The van der Waals surface area contributed by atoms with Gasteiger partial charge in [0, 0.05) is 37.0 Å². The fraction of sp³-hybridized carbons (Fsp3) is 0.638. The first-order chi connectivity index (χ1) is 30.1. The minimum Gasteiger partial charge on any atom is -0.493 e. The van der Waals surface area contributed by atoms with E-state index in [1.54, 1.807) is 37.3 Å². The first kappa shape index (κ1) is 45.8. The van der Waals surface area contributed by atoms with E-state index in [0.29, 0.717) is 68.5 Å². The molecule has 6 fully saturated rings. The highest BCUT2D eigenvalue weighted by Gasteiger charge is 2.60. The van der Waals surface area contributed by atoms with E-state index in [-0.39, 0.29) is 83.8 Å². The predicted octanol–water partition coefficient (Wildman–Crippen LogP) is 5.07. The Labute approximate surface area is 369 Å².